The van der Waals surface area contributed by atoms with Crippen LogP contribution in [0.2, 0.25) is 0 Å². The van der Waals surface area contributed by atoms with Crippen molar-refractivity contribution < 1.29 is 13.9 Å². The Kier molecular flexibility index (Phi) is 6.05. The predicted octanol–water partition coefficient (Wildman–Crippen LogP) is 3.92. The summed E-state index contributed by atoms with van der Waals surface area (Å²) >= 11 is 3.37. The Morgan fingerprint density at radius 3 is 2.74 bits per heavy atom. The Bertz CT molecular complexity index is 730. The third-order valence-corrected chi connectivity index (χ3v) is 3.30. The second-order valence-electron chi connectivity index (χ2n) is 4.49. The molecule has 0 saturated heterocycles. The lowest BCUT2D eigenvalue weighted by molar-refractivity contribution is 0.0955. The second-order valence-corrected chi connectivity index (χ2v) is 5.40. The van der Waals surface area contributed by atoms with Crippen LogP contribution in [0.4, 0.5) is 4.39 Å². The molecule has 1 N–H and O–H groups in total. The van der Waals surface area contributed by atoms with Gasteiger partial charge >= 0.3 is 0 Å². The lowest BCUT2D eigenvalue weighted by atomic mass is 10.2. The van der Waals surface area contributed by atoms with Gasteiger partial charge in [0.05, 0.1) is 6.21 Å². The fraction of sp³-hybridized carbons (Fsp3) is 0.0588. The molecule has 2 rings (SSSR count). The number of hydrazone groups is 1. The summed E-state index contributed by atoms with van der Waals surface area (Å²) in [6.45, 7) is 3.96. The summed E-state index contributed by atoms with van der Waals surface area (Å²) in [6, 6.07) is 10.6. The number of carbonyl (C=O) groups excluding carboxylic acids is 1. The fourth-order valence-electron chi connectivity index (χ4n) is 1.73. The van der Waals surface area contributed by atoms with E-state index in [4.69, 9.17) is 4.74 Å². The van der Waals surface area contributed by atoms with E-state index in [0.29, 0.717) is 23.5 Å². The highest BCUT2D eigenvalue weighted by molar-refractivity contribution is 9.10. The largest absolute Gasteiger partial charge is 0.489 e. The van der Waals surface area contributed by atoms with Crippen LogP contribution in [-0.2, 0) is 0 Å². The Morgan fingerprint density at radius 1 is 1.30 bits per heavy atom. The number of hydrogen-bond acceptors (Lipinski definition) is 3. The molecule has 0 heterocycles. The molecule has 0 aromatic heterocycles. The number of ether oxygens (including phenoxy) is 1. The zero-order chi connectivity index (χ0) is 16.7. The third kappa shape index (κ3) is 5.03. The number of hydrogen-bond donors (Lipinski definition) is 1. The van der Waals surface area contributed by atoms with Gasteiger partial charge in [0.2, 0.25) is 0 Å². The van der Waals surface area contributed by atoms with Crippen LogP contribution in [0, 0.1) is 5.82 Å². The standard InChI is InChI=1S/C17H14BrFN2O2/c1-2-9-23-16-8-5-14(18)10-13(16)11-20-21-17(22)12-3-6-15(19)7-4-12/h2-8,10-11H,1,9H2,(H,21,22)/b20-11+. The highest BCUT2D eigenvalue weighted by atomic mass is 79.9. The molecule has 4 nitrogen and oxygen atoms in total. The van der Waals surface area contributed by atoms with Crippen molar-refractivity contribution in [2.45, 2.75) is 0 Å². The van der Waals surface area contributed by atoms with Crippen LogP contribution >= 0.6 is 15.9 Å². The maximum atomic E-state index is 12.8. The smallest absolute Gasteiger partial charge is 0.271 e. The Balaban J connectivity index is 2.07. The van der Waals surface area contributed by atoms with E-state index in [9.17, 15) is 9.18 Å². The molecule has 0 radical (unpaired) electrons. The first-order chi connectivity index (χ1) is 11.1. The zero-order valence-corrected chi connectivity index (χ0v) is 13.7. The van der Waals surface area contributed by atoms with E-state index in [1.54, 1.807) is 12.1 Å². The molecule has 0 aliphatic rings. The first-order valence-corrected chi connectivity index (χ1v) is 7.51. The van der Waals surface area contributed by atoms with Gasteiger partial charge in [-0.3, -0.25) is 4.79 Å². The molecule has 0 aliphatic carbocycles. The van der Waals surface area contributed by atoms with E-state index in [1.165, 1.54) is 30.5 Å². The molecule has 0 saturated carbocycles. The van der Waals surface area contributed by atoms with Crippen molar-refractivity contribution in [2.75, 3.05) is 6.61 Å². The second kappa shape index (κ2) is 8.24. The van der Waals surface area contributed by atoms with E-state index in [2.05, 4.69) is 33.0 Å². The van der Waals surface area contributed by atoms with Gasteiger partial charge in [-0.05, 0) is 42.5 Å². The highest BCUT2D eigenvalue weighted by Crippen LogP contribution is 2.21. The van der Waals surface area contributed by atoms with Crippen LogP contribution in [0.3, 0.4) is 0 Å². The molecule has 2 aromatic rings. The molecule has 1 amide bonds. The molecular formula is C17H14BrFN2O2. The van der Waals surface area contributed by atoms with E-state index >= 15 is 0 Å². The van der Waals surface area contributed by atoms with Crippen LogP contribution in [0.25, 0.3) is 0 Å². The van der Waals surface area contributed by atoms with E-state index < -0.39 is 11.7 Å². The molecule has 0 unspecified atom stereocenters. The topological polar surface area (TPSA) is 50.7 Å². The van der Waals surface area contributed by atoms with Gasteiger partial charge < -0.3 is 4.74 Å². The van der Waals surface area contributed by atoms with Gasteiger partial charge in [-0.15, -0.1) is 0 Å². The summed E-state index contributed by atoms with van der Waals surface area (Å²) in [6.07, 6.45) is 3.11. The van der Waals surface area contributed by atoms with Gasteiger partial charge in [0.1, 0.15) is 18.2 Å². The first kappa shape index (κ1) is 16.9. The Hall–Kier alpha value is -2.47. The monoisotopic (exact) mass is 376 g/mol. The van der Waals surface area contributed by atoms with Crippen molar-refractivity contribution in [3.8, 4) is 5.75 Å². The number of benzene rings is 2. The number of rotatable bonds is 6. The molecular weight excluding hydrogens is 363 g/mol. The quantitative estimate of drug-likeness (QED) is 0.471. The number of halogens is 2. The average Bonchev–Trinajstić information content (AvgIpc) is 2.54. The summed E-state index contributed by atoms with van der Waals surface area (Å²) in [5, 5.41) is 3.91. The minimum absolute atomic E-state index is 0.320. The van der Waals surface area contributed by atoms with Gasteiger partial charge in [0.25, 0.3) is 5.91 Å². The summed E-state index contributed by atoms with van der Waals surface area (Å²) in [7, 11) is 0. The van der Waals surface area contributed by atoms with Crippen LogP contribution in [0.5, 0.6) is 5.75 Å². The van der Waals surface area contributed by atoms with Crippen LogP contribution in [0.1, 0.15) is 15.9 Å². The van der Waals surface area contributed by atoms with Crippen LogP contribution in [0.15, 0.2) is 64.7 Å². The molecule has 0 bridgehead atoms. The summed E-state index contributed by atoms with van der Waals surface area (Å²) in [4.78, 5) is 11.9. The van der Waals surface area contributed by atoms with Crippen LogP contribution in [-0.4, -0.2) is 18.7 Å². The van der Waals surface area contributed by atoms with Crippen molar-refractivity contribution in [1.82, 2.24) is 5.43 Å². The normalized spacial score (nSPS) is 10.5. The molecule has 0 spiro atoms. The summed E-state index contributed by atoms with van der Waals surface area (Å²) < 4.78 is 19.2. The van der Waals surface area contributed by atoms with E-state index in [0.717, 1.165) is 4.47 Å². The zero-order valence-electron chi connectivity index (χ0n) is 12.1. The first-order valence-electron chi connectivity index (χ1n) is 6.72. The van der Waals surface area contributed by atoms with Gasteiger partial charge in [-0.25, -0.2) is 9.82 Å². The highest BCUT2D eigenvalue weighted by Gasteiger charge is 2.05. The van der Waals surface area contributed by atoms with E-state index in [-0.39, 0.29) is 0 Å². The molecule has 0 fully saturated rings. The maximum Gasteiger partial charge on any atom is 0.271 e. The summed E-state index contributed by atoms with van der Waals surface area (Å²) in [5.41, 5.74) is 3.40. The van der Waals surface area contributed by atoms with Crippen molar-refractivity contribution >= 4 is 28.1 Å². The van der Waals surface area contributed by atoms with Crippen molar-refractivity contribution in [2.24, 2.45) is 5.10 Å². The number of carbonyl (C=O) groups is 1. The number of nitrogens with zero attached hydrogens (tertiary/aromatic N) is 1. The Morgan fingerprint density at radius 2 is 2.04 bits per heavy atom. The summed E-state index contributed by atoms with van der Waals surface area (Å²) in [5.74, 6) is -0.208. The maximum absolute atomic E-state index is 12.8. The lowest BCUT2D eigenvalue weighted by Gasteiger charge is -2.07. The third-order valence-electron chi connectivity index (χ3n) is 2.80. The minimum atomic E-state index is -0.426. The predicted molar refractivity (Wildman–Crippen MR) is 91.3 cm³/mol. The number of amides is 1. The van der Waals surface area contributed by atoms with Gasteiger partial charge in [0.15, 0.2) is 0 Å². The molecule has 23 heavy (non-hydrogen) atoms. The Labute approximate surface area is 141 Å². The molecule has 118 valence electrons. The molecule has 0 aliphatic heterocycles. The van der Waals surface area contributed by atoms with Gasteiger partial charge in [0, 0.05) is 15.6 Å². The molecule has 0 atom stereocenters. The van der Waals surface area contributed by atoms with Crippen molar-refractivity contribution in [3.63, 3.8) is 0 Å². The van der Waals surface area contributed by atoms with Gasteiger partial charge in [-0.1, -0.05) is 28.6 Å². The van der Waals surface area contributed by atoms with E-state index in [1.807, 2.05) is 12.1 Å². The fourth-order valence-corrected chi connectivity index (χ4v) is 2.11. The molecule has 2 aromatic carbocycles. The van der Waals surface area contributed by atoms with Crippen molar-refractivity contribution in [3.05, 3.63) is 76.5 Å². The van der Waals surface area contributed by atoms with Crippen molar-refractivity contribution in [1.29, 1.82) is 0 Å². The molecule has 6 heteroatoms. The minimum Gasteiger partial charge on any atom is -0.489 e. The lowest BCUT2D eigenvalue weighted by Crippen LogP contribution is -2.17. The SMILES string of the molecule is C=CCOc1ccc(Br)cc1/C=N/NC(=O)c1ccc(F)cc1. The van der Waals surface area contributed by atoms with Gasteiger partial charge in [-0.2, -0.15) is 5.10 Å². The van der Waals surface area contributed by atoms with Crippen LogP contribution < -0.4 is 10.2 Å². The average molecular weight is 377 g/mol. The number of nitrogens with one attached hydrogen (secondary N) is 1.